The summed E-state index contributed by atoms with van der Waals surface area (Å²) in [4.78, 5) is 0. The summed E-state index contributed by atoms with van der Waals surface area (Å²) >= 11 is 1.55. The smallest absolute Gasteiger partial charge is 0.398 e. The molecule has 0 atom stereocenters. The summed E-state index contributed by atoms with van der Waals surface area (Å²) in [6.07, 6.45) is -4.37. The Balaban J connectivity index is 2.18. The molecule has 1 heterocycles. The van der Waals surface area contributed by atoms with E-state index in [-0.39, 0.29) is 5.69 Å². The van der Waals surface area contributed by atoms with Crippen molar-refractivity contribution in [3.05, 3.63) is 53.4 Å². The molecule has 0 bridgehead atoms. The third-order valence-electron chi connectivity index (χ3n) is 3.15. The summed E-state index contributed by atoms with van der Waals surface area (Å²) in [6.45, 7) is 0. The average molecular weight is 293 g/mol. The molecule has 0 saturated carbocycles. The molecule has 0 amide bonds. The lowest BCUT2D eigenvalue weighted by Gasteiger charge is -2.11. The molecule has 3 rings (SSSR count). The molecule has 0 aliphatic heterocycles. The summed E-state index contributed by atoms with van der Waals surface area (Å²) in [7, 11) is 0. The minimum absolute atomic E-state index is 0.140. The molecule has 20 heavy (non-hydrogen) atoms. The van der Waals surface area contributed by atoms with Crippen LogP contribution in [-0.2, 0) is 6.18 Å². The van der Waals surface area contributed by atoms with Crippen LogP contribution in [0.25, 0.3) is 21.2 Å². The van der Waals surface area contributed by atoms with Gasteiger partial charge in [0.1, 0.15) is 0 Å². The number of alkyl halides is 3. The first-order valence-corrected chi connectivity index (χ1v) is 6.78. The van der Waals surface area contributed by atoms with E-state index in [0.717, 1.165) is 27.8 Å². The topological polar surface area (TPSA) is 26.0 Å². The van der Waals surface area contributed by atoms with E-state index < -0.39 is 11.7 Å². The first-order chi connectivity index (χ1) is 9.47. The Labute approximate surface area is 117 Å². The number of hydrogen-bond acceptors (Lipinski definition) is 2. The first kappa shape index (κ1) is 13.0. The van der Waals surface area contributed by atoms with Crippen LogP contribution in [0.2, 0.25) is 0 Å². The number of hydrogen-bond donors (Lipinski definition) is 1. The van der Waals surface area contributed by atoms with Gasteiger partial charge in [-0.25, -0.2) is 0 Å². The predicted octanol–water partition coefficient (Wildman–Crippen LogP) is 5.17. The average Bonchev–Trinajstić information content (AvgIpc) is 2.85. The van der Waals surface area contributed by atoms with Crippen molar-refractivity contribution >= 4 is 27.1 Å². The molecule has 0 aliphatic rings. The maximum atomic E-state index is 12.7. The number of thiophene rings is 1. The lowest BCUT2D eigenvalue weighted by atomic mass is 10.0. The molecule has 0 unspecified atom stereocenters. The van der Waals surface area contributed by atoms with Gasteiger partial charge in [-0.3, -0.25) is 0 Å². The number of benzene rings is 2. The molecular weight excluding hydrogens is 283 g/mol. The zero-order valence-corrected chi connectivity index (χ0v) is 11.1. The van der Waals surface area contributed by atoms with E-state index in [9.17, 15) is 13.2 Å². The summed E-state index contributed by atoms with van der Waals surface area (Å²) in [5.74, 6) is 0. The molecule has 3 aromatic rings. The van der Waals surface area contributed by atoms with Crippen LogP contribution in [0, 0.1) is 0 Å². The SMILES string of the molecule is Nc1cc(C(F)(F)F)ccc1-c1cccc2ccsc12. The number of halogens is 3. The van der Waals surface area contributed by atoms with E-state index in [4.69, 9.17) is 5.73 Å². The molecule has 102 valence electrons. The summed E-state index contributed by atoms with van der Waals surface area (Å²) in [6, 6.07) is 11.2. The standard InChI is InChI=1S/C15H10F3NS/c16-15(17,18)10-4-5-11(13(19)8-10)12-3-1-2-9-6-7-20-14(9)12/h1-8H,19H2. The molecule has 0 fully saturated rings. The normalized spacial score (nSPS) is 11.9. The van der Waals surface area contributed by atoms with E-state index in [1.165, 1.54) is 6.07 Å². The van der Waals surface area contributed by atoms with Crippen molar-refractivity contribution in [2.24, 2.45) is 0 Å². The minimum atomic E-state index is -4.37. The van der Waals surface area contributed by atoms with Crippen molar-refractivity contribution in [3.63, 3.8) is 0 Å². The van der Waals surface area contributed by atoms with Crippen molar-refractivity contribution in [3.8, 4) is 11.1 Å². The minimum Gasteiger partial charge on any atom is -0.398 e. The molecular formula is C15H10F3NS. The van der Waals surface area contributed by atoms with Gasteiger partial charge in [0.2, 0.25) is 0 Å². The largest absolute Gasteiger partial charge is 0.416 e. The quantitative estimate of drug-likeness (QED) is 0.615. The Morgan fingerprint density at radius 2 is 1.75 bits per heavy atom. The van der Waals surface area contributed by atoms with E-state index in [0.29, 0.717) is 5.56 Å². The van der Waals surface area contributed by atoms with E-state index in [1.54, 1.807) is 11.3 Å². The van der Waals surface area contributed by atoms with Crippen LogP contribution in [-0.4, -0.2) is 0 Å². The third-order valence-corrected chi connectivity index (χ3v) is 4.11. The Bertz CT molecular complexity index is 774. The van der Waals surface area contributed by atoms with Crippen molar-refractivity contribution in [1.82, 2.24) is 0 Å². The second-order valence-corrected chi connectivity index (χ2v) is 5.36. The van der Waals surface area contributed by atoms with Gasteiger partial charge in [-0.05, 0) is 29.0 Å². The predicted molar refractivity (Wildman–Crippen MR) is 76.7 cm³/mol. The summed E-state index contributed by atoms with van der Waals surface area (Å²) in [5.41, 5.74) is 6.72. The number of nitrogen functional groups attached to an aromatic ring is 1. The van der Waals surface area contributed by atoms with Gasteiger partial charge in [-0.1, -0.05) is 24.3 Å². The Morgan fingerprint density at radius 3 is 2.45 bits per heavy atom. The number of fused-ring (bicyclic) bond motifs is 1. The van der Waals surface area contributed by atoms with Gasteiger partial charge in [0.05, 0.1) is 5.56 Å². The summed E-state index contributed by atoms with van der Waals surface area (Å²) in [5, 5.41) is 3.01. The molecule has 0 radical (unpaired) electrons. The van der Waals surface area contributed by atoms with Crippen molar-refractivity contribution in [1.29, 1.82) is 0 Å². The van der Waals surface area contributed by atoms with Crippen LogP contribution in [0.1, 0.15) is 5.56 Å². The first-order valence-electron chi connectivity index (χ1n) is 5.90. The third kappa shape index (κ3) is 2.14. The van der Waals surface area contributed by atoms with Crippen molar-refractivity contribution < 1.29 is 13.2 Å². The van der Waals surface area contributed by atoms with Gasteiger partial charge < -0.3 is 5.73 Å². The van der Waals surface area contributed by atoms with Gasteiger partial charge in [-0.2, -0.15) is 13.2 Å². The summed E-state index contributed by atoms with van der Waals surface area (Å²) < 4.78 is 39.0. The lowest BCUT2D eigenvalue weighted by molar-refractivity contribution is -0.137. The zero-order chi connectivity index (χ0) is 14.3. The molecule has 1 nitrogen and oxygen atoms in total. The lowest BCUT2D eigenvalue weighted by Crippen LogP contribution is -2.05. The van der Waals surface area contributed by atoms with Gasteiger partial charge in [-0.15, -0.1) is 11.3 Å². The highest BCUT2D eigenvalue weighted by molar-refractivity contribution is 7.17. The van der Waals surface area contributed by atoms with E-state index in [1.807, 2.05) is 29.6 Å². The van der Waals surface area contributed by atoms with Crippen molar-refractivity contribution in [2.75, 3.05) is 5.73 Å². The maximum Gasteiger partial charge on any atom is 0.416 e. The van der Waals surface area contributed by atoms with E-state index in [2.05, 4.69) is 0 Å². The van der Waals surface area contributed by atoms with Crippen LogP contribution in [0.15, 0.2) is 47.8 Å². The molecule has 1 aromatic heterocycles. The molecule has 0 spiro atoms. The number of nitrogens with two attached hydrogens (primary N) is 1. The zero-order valence-electron chi connectivity index (χ0n) is 10.2. The van der Waals surface area contributed by atoms with Gasteiger partial charge >= 0.3 is 6.18 Å². The monoisotopic (exact) mass is 293 g/mol. The second kappa shape index (κ2) is 4.52. The van der Waals surface area contributed by atoms with Gasteiger partial charge in [0.15, 0.2) is 0 Å². The highest BCUT2D eigenvalue weighted by Gasteiger charge is 2.30. The highest BCUT2D eigenvalue weighted by atomic mass is 32.1. The van der Waals surface area contributed by atoms with Gasteiger partial charge in [0.25, 0.3) is 0 Å². The molecule has 2 aromatic carbocycles. The molecule has 0 aliphatic carbocycles. The fourth-order valence-electron chi connectivity index (χ4n) is 2.19. The highest BCUT2D eigenvalue weighted by Crippen LogP contribution is 2.38. The Kier molecular flexibility index (Phi) is 2.94. The Morgan fingerprint density at radius 1 is 0.950 bits per heavy atom. The van der Waals surface area contributed by atoms with Gasteiger partial charge in [0, 0.05) is 21.5 Å². The number of rotatable bonds is 1. The maximum absolute atomic E-state index is 12.7. The van der Waals surface area contributed by atoms with Crippen LogP contribution in [0.5, 0.6) is 0 Å². The van der Waals surface area contributed by atoms with Crippen LogP contribution < -0.4 is 5.73 Å². The molecule has 2 N–H and O–H groups in total. The molecule has 0 saturated heterocycles. The van der Waals surface area contributed by atoms with Crippen LogP contribution >= 0.6 is 11.3 Å². The Hall–Kier alpha value is -2.01. The second-order valence-electron chi connectivity index (χ2n) is 4.44. The van der Waals surface area contributed by atoms with Crippen LogP contribution in [0.3, 0.4) is 0 Å². The fourth-order valence-corrected chi connectivity index (χ4v) is 3.12. The fraction of sp³-hybridized carbons (Fsp3) is 0.0667. The van der Waals surface area contributed by atoms with E-state index >= 15 is 0 Å². The number of anilines is 1. The van der Waals surface area contributed by atoms with Crippen LogP contribution in [0.4, 0.5) is 18.9 Å². The van der Waals surface area contributed by atoms with Crippen molar-refractivity contribution in [2.45, 2.75) is 6.18 Å². The molecule has 5 heteroatoms.